The van der Waals surface area contributed by atoms with E-state index in [1.165, 1.54) is 30.0 Å². The zero-order valence-electron chi connectivity index (χ0n) is 19.1. The maximum atomic E-state index is 13.4. The molecule has 0 aromatic heterocycles. The number of carboxylic acids is 1. The summed E-state index contributed by atoms with van der Waals surface area (Å²) in [6, 6.07) is 4.55. The summed E-state index contributed by atoms with van der Waals surface area (Å²) in [6.45, 7) is 0.725. The van der Waals surface area contributed by atoms with Crippen LogP contribution in [0.3, 0.4) is 0 Å². The highest BCUT2D eigenvalue weighted by Crippen LogP contribution is 2.40. The smallest absolute Gasteiger partial charge is 0.416 e. The van der Waals surface area contributed by atoms with Crippen LogP contribution in [0.5, 0.6) is 0 Å². The van der Waals surface area contributed by atoms with Gasteiger partial charge in [0, 0.05) is 25.3 Å². The predicted molar refractivity (Wildman–Crippen MR) is 128 cm³/mol. The van der Waals surface area contributed by atoms with Crippen LogP contribution in [0.2, 0.25) is 10.0 Å². The quantitative estimate of drug-likeness (QED) is 0.524. The van der Waals surface area contributed by atoms with Crippen molar-refractivity contribution in [1.29, 1.82) is 0 Å². The second-order valence-electron chi connectivity index (χ2n) is 8.44. The molecule has 2 fully saturated rings. The van der Waals surface area contributed by atoms with Crippen molar-refractivity contribution >= 4 is 58.5 Å². The number of rotatable bonds is 5. The normalized spacial score (nSPS) is 18.5. The van der Waals surface area contributed by atoms with Gasteiger partial charge in [0.15, 0.2) is 5.92 Å². The lowest BCUT2D eigenvalue weighted by Crippen LogP contribution is -2.58. The number of aliphatic carboxylic acids is 1. The lowest BCUT2D eigenvalue weighted by atomic mass is 9.99. The van der Waals surface area contributed by atoms with E-state index in [-0.39, 0.29) is 32.5 Å². The van der Waals surface area contributed by atoms with Gasteiger partial charge in [-0.1, -0.05) is 35.3 Å². The first kappa shape index (κ1) is 26.6. The Labute approximate surface area is 218 Å². The van der Waals surface area contributed by atoms with E-state index in [1.807, 2.05) is 0 Å². The van der Waals surface area contributed by atoms with E-state index in [9.17, 15) is 37.5 Å². The average molecular weight is 559 g/mol. The fourth-order valence-electron chi connectivity index (χ4n) is 4.29. The first-order chi connectivity index (χ1) is 17.3. The predicted octanol–water partition coefficient (Wildman–Crippen LogP) is 4.52. The van der Waals surface area contributed by atoms with Crippen LogP contribution in [0.25, 0.3) is 0 Å². The minimum absolute atomic E-state index is 0.00334. The number of imide groups is 1. The van der Waals surface area contributed by atoms with E-state index >= 15 is 0 Å². The van der Waals surface area contributed by atoms with Gasteiger partial charge in [-0.25, -0.2) is 9.59 Å². The fraction of sp³-hybridized carbons (Fsp3) is 0.304. The van der Waals surface area contributed by atoms with Crippen LogP contribution in [-0.2, 0) is 22.3 Å². The van der Waals surface area contributed by atoms with Crippen LogP contribution in [-0.4, -0.2) is 53.6 Å². The van der Waals surface area contributed by atoms with Gasteiger partial charge < -0.3 is 10.4 Å². The molecule has 2 saturated heterocycles. The number of anilines is 2. The van der Waals surface area contributed by atoms with Crippen LogP contribution >= 0.6 is 23.2 Å². The maximum Gasteiger partial charge on any atom is 0.416 e. The molecule has 9 nitrogen and oxygen atoms in total. The third-order valence-corrected chi connectivity index (χ3v) is 6.79. The average Bonchev–Trinajstić information content (AvgIpc) is 3.21. The molecule has 2 aliphatic heterocycles. The number of nitrogens with one attached hydrogen (secondary N) is 1. The van der Waals surface area contributed by atoms with E-state index in [0.717, 1.165) is 17.0 Å². The van der Waals surface area contributed by atoms with Crippen molar-refractivity contribution in [3.05, 3.63) is 57.1 Å². The summed E-state index contributed by atoms with van der Waals surface area (Å²) >= 11 is 12.7. The molecule has 2 aromatic rings. The summed E-state index contributed by atoms with van der Waals surface area (Å²) in [5.74, 6) is -4.27. The molecule has 196 valence electrons. The second kappa shape index (κ2) is 9.75. The Hall–Kier alpha value is -3.51. The molecule has 0 spiro atoms. The largest absolute Gasteiger partial charge is 0.481 e. The number of halogens is 5. The summed E-state index contributed by atoms with van der Waals surface area (Å²) in [6.07, 6.45) is -4.66. The monoisotopic (exact) mass is 558 g/mol. The molecule has 0 bridgehead atoms. The number of alkyl halides is 3. The zero-order chi connectivity index (χ0) is 27.2. The number of amides is 5. The Kier molecular flexibility index (Phi) is 6.99. The molecular formula is C23H19Cl2F3N4O5. The van der Waals surface area contributed by atoms with E-state index in [4.69, 9.17) is 23.2 Å². The number of hydrogen-bond donors (Lipinski definition) is 2. The molecule has 0 radical (unpaired) electrons. The Balaban J connectivity index is 1.72. The van der Waals surface area contributed by atoms with E-state index < -0.39 is 54.7 Å². The molecule has 2 aliphatic rings. The molecule has 1 unspecified atom stereocenters. The zero-order valence-corrected chi connectivity index (χ0v) is 20.6. The molecule has 0 saturated carbocycles. The first-order valence-corrected chi connectivity index (χ1v) is 11.6. The number of carbonyl (C=O) groups excluding carboxylic acids is 3. The summed E-state index contributed by atoms with van der Waals surface area (Å²) in [5, 5.41) is 12.2. The number of benzene rings is 2. The third kappa shape index (κ3) is 4.90. The van der Waals surface area contributed by atoms with Crippen molar-refractivity contribution in [2.24, 2.45) is 5.92 Å². The highest BCUT2D eigenvalue weighted by Gasteiger charge is 2.44. The van der Waals surface area contributed by atoms with Crippen molar-refractivity contribution in [1.82, 2.24) is 10.2 Å². The molecule has 4 rings (SSSR count). The number of carbonyl (C=O) groups is 4. The molecule has 0 aliphatic carbocycles. The number of urea groups is 2. The standard InChI is InChI=1S/C23H19Cl2F3N4O5/c1-11-12(3-2-4-15(11)23(26,27)28)9-32-19(33)14(20(34)35)10-31(22(32)37)13-7-16(24)18(17(25)8-13)30-6-5-29-21(30)36/h2-4,7-8,14H,5-6,9-10H2,1H3,(H,29,36)(H,34,35). The highest BCUT2D eigenvalue weighted by atomic mass is 35.5. The molecule has 2 heterocycles. The van der Waals surface area contributed by atoms with Crippen LogP contribution < -0.4 is 15.1 Å². The second-order valence-corrected chi connectivity index (χ2v) is 9.25. The maximum absolute atomic E-state index is 13.4. The summed E-state index contributed by atoms with van der Waals surface area (Å²) in [4.78, 5) is 53.1. The van der Waals surface area contributed by atoms with Crippen LogP contribution in [0.1, 0.15) is 16.7 Å². The number of nitrogens with zero attached hydrogens (tertiary/aromatic N) is 3. The minimum Gasteiger partial charge on any atom is -0.481 e. The Bertz CT molecular complexity index is 1300. The van der Waals surface area contributed by atoms with Gasteiger partial charge in [0.2, 0.25) is 5.91 Å². The first-order valence-electron chi connectivity index (χ1n) is 10.9. The van der Waals surface area contributed by atoms with Gasteiger partial charge in [-0.15, -0.1) is 0 Å². The summed E-state index contributed by atoms with van der Waals surface area (Å²) in [7, 11) is 0. The summed E-state index contributed by atoms with van der Waals surface area (Å²) in [5.41, 5.74) is -0.872. The molecule has 2 aromatic carbocycles. The Morgan fingerprint density at radius 2 is 1.78 bits per heavy atom. The van der Waals surface area contributed by atoms with E-state index in [1.54, 1.807) is 0 Å². The highest BCUT2D eigenvalue weighted by molar-refractivity contribution is 6.40. The number of carboxylic acid groups (broad SMARTS) is 1. The molecule has 1 atom stereocenters. The van der Waals surface area contributed by atoms with Gasteiger partial charge in [-0.2, -0.15) is 13.2 Å². The molecule has 2 N–H and O–H groups in total. The molecular weight excluding hydrogens is 540 g/mol. The Morgan fingerprint density at radius 1 is 1.14 bits per heavy atom. The Morgan fingerprint density at radius 3 is 2.32 bits per heavy atom. The fourth-order valence-corrected chi connectivity index (χ4v) is 4.97. The van der Waals surface area contributed by atoms with Crippen LogP contribution in [0.15, 0.2) is 30.3 Å². The van der Waals surface area contributed by atoms with Crippen molar-refractivity contribution in [2.75, 3.05) is 29.4 Å². The summed E-state index contributed by atoms with van der Waals surface area (Å²) < 4.78 is 40.1. The van der Waals surface area contributed by atoms with Crippen molar-refractivity contribution in [2.45, 2.75) is 19.6 Å². The lowest BCUT2D eigenvalue weighted by molar-refractivity contribution is -0.150. The van der Waals surface area contributed by atoms with Crippen LogP contribution in [0.4, 0.5) is 34.1 Å². The molecule has 14 heteroatoms. The lowest BCUT2D eigenvalue weighted by Gasteiger charge is -2.37. The third-order valence-electron chi connectivity index (χ3n) is 6.21. The number of hydrogen-bond acceptors (Lipinski definition) is 4. The van der Waals surface area contributed by atoms with Gasteiger partial charge in [0.25, 0.3) is 0 Å². The minimum atomic E-state index is -4.66. The van der Waals surface area contributed by atoms with Crippen LogP contribution in [0, 0.1) is 12.8 Å². The van der Waals surface area contributed by atoms with Gasteiger partial charge in [0.05, 0.1) is 27.8 Å². The topological polar surface area (TPSA) is 110 Å². The van der Waals surface area contributed by atoms with Gasteiger partial charge in [-0.3, -0.25) is 24.3 Å². The van der Waals surface area contributed by atoms with E-state index in [2.05, 4.69) is 5.32 Å². The SMILES string of the molecule is Cc1c(CN2C(=O)C(C(=O)O)CN(c3cc(Cl)c(N4CCNC4=O)c(Cl)c3)C2=O)cccc1C(F)(F)F. The van der Waals surface area contributed by atoms with Gasteiger partial charge >= 0.3 is 24.2 Å². The molecule has 37 heavy (non-hydrogen) atoms. The van der Waals surface area contributed by atoms with Crippen molar-refractivity contribution in [3.8, 4) is 0 Å². The van der Waals surface area contributed by atoms with Crippen molar-refractivity contribution in [3.63, 3.8) is 0 Å². The van der Waals surface area contributed by atoms with Gasteiger partial charge in [-0.05, 0) is 36.2 Å². The van der Waals surface area contributed by atoms with E-state index in [0.29, 0.717) is 18.0 Å². The van der Waals surface area contributed by atoms with Gasteiger partial charge in [0.1, 0.15) is 0 Å². The molecule has 5 amide bonds. The van der Waals surface area contributed by atoms with Crippen molar-refractivity contribution < 1.29 is 37.5 Å².